The molecule has 1 aliphatic rings. The van der Waals surface area contributed by atoms with Gasteiger partial charge in [0.25, 0.3) is 0 Å². The highest BCUT2D eigenvalue weighted by atomic mass is 19.1. The zero-order valence-electron chi connectivity index (χ0n) is 13.0. The molecule has 0 atom stereocenters. The smallest absolute Gasteiger partial charge is 0.226 e. The fraction of sp³-hybridized carbons (Fsp3) is 0.529. The van der Waals surface area contributed by atoms with Crippen molar-refractivity contribution in [1.29, 1.82) is 0 Å². The number of carbonyl (C=O) groups is 2. The Bertz CT molecular complexity index is 508. The van der Waals surface area contributed by atoms with E-state index in [0.717, 1.165) is 12.0 Å². The van der Waals surface area contributed by atoms with Gasteiger partial charge >= 0.3 is 0 Å². The lowest BCUT2D eigenvalue weighted by atomic mass is 9.95. The Morgan fingerprint density at radius 1 is 1.23 bits per heavy atom. The summed E-state index contributed by atoms with van der Waals surface area (Å²) in [4.78, 5) is 25.9. The van der Waals surface area contributed by atoms with Gasteiger partial charge in [0.15, 0.2) is 0 Å². The summed E-state index contributed by atoms with van der Waals surface area (Å²) in [5.74, 6) is -0.136. The zero-order valence-corrected chi connectivity index (χ0v) is 13.0. The molecule has 0 spiro atoms. The molecule has 1 fully saturated rings. The van der Waals surface area contributed by atoms with Crippen LogP contribution >= 0.6 is 0 Å². The number of nitrogens with zero attached hydrogens (tertiary/aromatic N) is 1. The van der Waals surface area contributed by atoms with Crippen molar-refractivity contribution in [3.8, 4) is 0 Å². The highest BCUT2D eigenvalue weighted by Gasteiger charge is 2.26. The average molecular weight is 306 g/mol. The third-order valence-corrected chi connectivity index (χ3v) is 4.04. The predicted octanol–water partition coefficient (Wildman–Crippen LogP) is 2.13. The van der Waals surface area contributed by atoms with Crippen LogP contribution in [-0.2, 0) is 16.0 Å². The first-order valence-electron chi connectivity index (χ1n) is 7.90. The maximum Gasteiger partial charge on any atom is 0.226 e. The molecular weight excluding hydrogens is 283 g/mol. The van der Waals surface area contributed by atoms with Crippen LogP contribution < -0.4 is 5.32 Å². The SMILES string of the molecule is CCCNC(=O)C1CCN(C(=O)Cc2ccc(F)cc2)CC1. The van der Waals surface area contributed by atoms with Crippen molar-refractivity contribution in [3.05, 3.63) is 35.6 Å². The van der Waals surface area contributed by atoms with E-state index in [2.05, 4.69) is 5.32 Å². The predicted molar refractivity (Wildman–Crippen MR) is 82.7 cm³/mol. The maximum atomic E-state index is 12.9. The van der Waals surface area contributed by atoms with Gasteiger partial charge in [-0.25, -0.2) is 4.39 Å². The molecule has 0 aliphatic carbocycles. The number of likely N-dealkylation sites (tertiary alicyclic amines) is 1. The molecule has 5 heteroatoms. The maximum absolute atomic E-state index is 12.9. The number of hydrogen-bond donors (Lipinski definition) is 1. The van der Waals surface area contributed by atoms with Crippen molar-refractivity contribution in [3.63, 3.8) is 0 Å². The number of benzene rings is 1. The first-order valence-corrected chi connectivity index (χ1v) is 7.90. The Kier molecular flexibility index (Phi) is 5.92. The summed E-state index contributed by atoms with van der Waals surface area (Å²) in [5, 5.41) is 2.91. The molecule has 0 saturated carbocycles. The van der Waals surface area contributed by atoms with Gasteiger partial charge in [0, 0.05) is 25.6 Å². The van der Waals surface area contributed by atoms with Gasteiger partial charge in [-0.05, 0) is 37.0 Å². The van der Waals surface area contributed by atoms with E-state index in [4.69, 9.17) is 0 Å². The second-order valence-corrected chi connectivity index (χ2v) is 5.75. The van der Waals surface area contributed by atoms with Crippen LogP contribution in [0.4, 0.5) is 4.39 Å². The second kappa shape index (κ2) is 7.92. The standard InChI is InChI=1S/C17H23FN2O2/c1-2-9-19-17(22)14-7-10-20(11-8-14)16(21)12-13-3-5-15(18)6-4-13/h3-6,14H,2,7-12H2,1H3,(H,19,22). The molecule has 1 N–H and O–H groups in total. The molecule has 2 rings (SSSR count). The minimum absolute atomic E-state index is 0.0152. The molecule has 0 radical (unpaired) electrons. The molecule has 0 bridgehead atoms. The monoisotopic (exact) mass is 306 g/mol. The number of rotatable bonds is 5. The van der Waals surface area contributed by atoms with Crippen molar-refractivity contribution in [1.82, 2.24) is 10.2 Å². The molecular formula is C17H23FN2O2. The second-order valence-electron chi connectivity index (χ2n) is 5.75. The largest absolute Gasteiger partial charge is 0.356 e. The summed E-state index contributed by atoms with van der Waals surface area (Å²) in [6.45, 7) is 3.97. The Morgan fingerprint density at radius 2 is 1.86 bits per heavy atom. The summed E-state index contributed by atoms with van der Waals surface area (Å²) in [6, 6.07) is 6.01. The third kappa shape index (κ3) is 4.55. The average Bonchev–Trinajstić information content (AvgIpc) is 2.55. The molecule has 1 aromatic carbocycles. The molecule has 120 valence electrons. The van der Waals surface area contributed by atoms with Crippen LogP contribution in [0.25, 0.3) is 0 Å². The van der Waals surface area contributed by atoms with Crippen LogP contribution in [-0.4, -0.2) is 36.3 Å². The van der Waals surface area contributed by atoms with Gasteiger partial charge in [0.05, 0.1) is 6.42 Å². The Balaban J connectivity index is 1.79. The van der Waals surface area contributed by atoms with Crippen molar-refractivity contribution < 1.29 is 14.0 Å². The lowest BCUT2D eigenvalue weighted by Crippen LogP contribution is -2.43. The summed E-state index contributed by atoms with van der Waals surface area (Å²) < 4.78 is 12.9. The van der Waals surface area contributed by atoms with Crippen LogP contribution in [0.15, 0.2) is 24.3 Å². The summed E-state index contributed by atoms with van der Waals surface area (Å²) in [6.07, 6.45) is 2.64. The minimum Gasteiger partial charge on any atom is -0.356 e. The van der Waals surface area contributed by atoms with E-state index in [-0.39, 0.29) is 30.0 Å². The summed E-state index contributed by atoms with van der Waals surface area (Å²) in [7, 11) is 0. The van der Waals surface area contributed by atoms with Crippen LogP contribution in [0.2, 0.25) is 0 Å². The first-order chi connectivity index (χ1) is 10.6. The van der Waals surface area contributed by atoms with E-state index in [1.165, 1.54) is 12.1 Å². The van der Waals surface area contributed by atoms with E-state index >= 15 is 0 Å². The number of nitrogens with one attached hydrogen (secondary N) is 1. The van der Waals surface area contributed by atoms with Crippen molar-refractivity contribution in [2.24, 2.45) is 5.92 Å². The van der Waals surface area contributed by atoms with E-state index in [9.17, 15) is 14.0 Å². The highest BCUT2D eigenvalue weighted by molar-refractivity contribution is 5.81. The van der Waals surface area contributed by atoms with Crippen molar-refractivity contribution in [2.75, 3.05) is 19.6 Å². The lowest BCUT2D eigenvalue weighted by molar-refractivity contribution is -0.135. The van der Waals surface area contributed by atoms with Crippen LogP contribution in [0.1, 0.15) is 31.7 Å². The molecule has 1 aromatic rings. The van der Waals surface area contributed by atoms with Gasteiger partial charge in [-0.15, -0.1) is 0 Å². The number of amides is 2. The Labute approximate surface area is 130 Å². The summed E-state index contributed by atoms with van der Waals surface area (Å²) in [5.41, 5.74) is 0.814. The van der Waals surface area contributed by atoms with E-state index in [1.807, 2.05) is 6.92 Å². The molecule has 22 heavy (non-hydrogen) atoms. The first kappa shape index (κ1) is 16.5. The van der Waals surface area contributed by atoms with Gasteiger partial charge in [-0.1, -0.05) is 19.1 Å². The third-order valence-electron chi connectivity index (χ3n) is 4.04. The molecule has 1 aliphatic heterocycles. The quantitative estimate of drug-likeness (QED) is 0.906. The van der Waals surface area contributed by atoms with Crippen LogP contribution in [0.5, 0.6) is 0 Å². The molecule has 2 amide bonds. The molecule has 1 saturated heterocycles. The fourth-order valence-corrected chi connectivity index (χ4v) is 2.67. The van der Waals surface area contributed by atoms with Gasteiger partial charge in [0.1, 0.15) is 5.82 Å². The number of carbonyl (C=O) groups excluding carboxylic acids is 2. The number of halogens is 1. The Hall–Kier alpha value is -1.91. The zero-order chi connectivity index (χ0) is 15.9. The van der Waals surface area contributed by atoms with Gasteiger partial charge in [-0.3, -0.25) is 9.59 Å². The fourth-order valence-electron chi connectivity index (χ4n) is 2.67. The number of hydrogen-bond acceptors (Lipinski definition) is 2. The molecule has 4 nitrogen and oxygen atoms in total. The molecule has 0 unspecified atom stereocenters. The topological polar surface area (TPSA) is 49.4 Å². The van der Waals surface area contributed by atoms with Crippen molar-refractivity contribution in [2.45, 2.75) is 32.6 Å². The van der Waals surface area contributed by atoms with E-state index < -0.39 is 0 Å². The van der Waals surface area contributed by atoms with E-state index in [0.29, 0.717) is 32.5 Å². The molecule has 1 heterocycles. The highest BCUT2D eigenvalue weighted by Crippen LogP contribution is 2.18. The summed E-state index contributed by atoms with van der Waals surface area (Å²) >= 11 is 0. The van der Waals surface area contributed by atoms with Gasteiger partial charge < -0.3 is 10.2 Å². The minimum atomic E-state index is -0.296. The van der Waals surface area contributed by atoms with Crippen LogP contribution in [0.3, 0.4) is 0 Å². The number of piperidine rings is 1. The van der Waals surface area contributed by atoms with Gasteiger partial charge in [0.2, 0.25) is 11.8 Å². The van der Waals surface area contributed by atoms with Crippen LogP contribution in [0, 0.1) is 11.7 Å². The van der Waals surface area contributed by atoms with Crippen molar-refractivity contribution >= 4 is 11.8 Å². The van der Waals surface area contributed by atoms with Gasteiger partial charge in [-0.2, -0.15) is 0 Å². The Morgan fingerprint density at radius 3 is 2.45 bits per heavy atom. The normalized spacial score (nSPS) is 15.6. The van der Waals surface area contributed by atoms with E-state index in [1.54, 1.807) is 17.0 Å². The molecule has 0 aromatic heterocycles. The lowest BCUT2D eigenvalue weighted by Gasteiger charge is -2.31.